The van der Waals surface area contributed by atoms with Crippen LogP contribution in [-0.4, -0.2) is 23.3 Å². The van der Waals surface area contributed by atoms with Crippen LogP contribution in [0.1, 0.15) is 38.3 Å². The van der Waals surface area contributed by atoms with Gasteiger partial charge in [-0.05, 0) is 24.5 Å². The minimum absolute atomic E-state index is 0.0279. The van der Waals surface area contributed by atoms with Gasteiger partial charge in [0.15, 0.2) is 0 Å². The predicted molar refractivity (Wildman–Crippen MR) is 77.7 cm³/mol. The minimum atomic E-state index is -0.394. The van der Waals surface area contributed by atoms with Crippen LogP contribution in [0.15, 0.2) is 41.5 Å². The highest BCUT2D eigenvalue weighted by Gasteiger charge is 2.33. The second-order valence-electron chi connectivity index (χ2n) is 5.14. The summed E-state index contributed by atoms with van der Waals surface area (Å²) in [4.78, 5) is 25.6. The van der Waals surface area contributed by atoms with Crippen LogP contribution in [0.3, 0.4) is 0 Å². The third-order valence-electron chi connectivity index (χ3n) is 3.75. The first-order chi connectivity index (χ1) is 9.54. The first kappa shape index (κ1) is 14.3. The summed E-state index contributed by atoms with van der Waals surface area (Å²) in [6.45, 7) is 4.53. The fourth-order valence-corrected chi connectivity index (χ4v) is 2.76. The van der Waals surface area contributed by atoms with Crippen molar-refractivity contribution in [3.63, 3.8) is 0 Å². The predicted octanol–water partition coefficient (Wildman–Crippen LogP) is 2.17. The molecule has 1 aliphatic rings. The lowest BCUT2D eigenvalue weighted by atomic mass is 10.0. The van der Waals surface area contributed by atoms with Crippen LogP contribution in [0.5, 0.6) is 0 Å². The van der Waals surface area contributed by atoms with Gasteiger partial charge < -0.3 is 10.6 Å². The van der Waals surface area contributed by atoms with E-state index in [0.29, 0.717) is 6.54 Å². The number of rotatable bonds is 5. The SMILES string of the molecule is CCC1=C(C)CN(C(CC(N)=O)c2ccccc2)C1=O. The molecule has 20 heavy (non-hydrogen) atoms. The summed E-state index contributed by atoms with van der Waals surface area (Å²) in [7, 11) is 0. The van der Waals surface area contributed by atoms with Gasteiger partial charge in [0.25, 0.3) is 5.91 Å². The van der Waals surface area contributed by atoms with E-state index < -0.39 is 5.91 Å². The molecule has 4 heteroatoms. The molecule has 0 spiro atoms. The van der Waals surface area contributed by atoms with Gasteiger partial charge in [0, 0.05) is 12.1 Å². The Morgan fingerprint density at radius 2 is 2.00 bits per heavy atom. The highest BCUT2D eigenvalue weighted by atomic mass is 16.2. The fraction of sp³-hybridized carbons (Fsp3) is 0.375. The van der Waals surface area contributed by atoms with Gasteiger partial charge in [-0.3, -0.25) is 9.59 Å². The zero-order valence-corrected chi connectivity index (χ0v) is 11.9. The molecule has 4 nitrogen and oxygen atoms in total. The van der Waals surface area contributed by atoms with Crippen molar-refractivity contribution in [2.75, 3.05) is 6.54 Å². The average molecular weight is 272 g/mol. The molecule has 0 saturated carbocycles. The molecule has 0 aliphatic carbocycles. The molecule has 1 unspecified atom stereocenters. The number of benzene rings is 1. The third-order valence-corrected chi connectivity index (χ3v) is 3.75. The third kappa shape index (κ3) is 2.74. The van der Waals surface area contributed by atoms with Gasteiger partial charge in [-0.2, -0.15) is 0 Å². The van der Waals surface area contributed by atoms with Gasteiger partial charge in [-0.15, -0.1) is 0 Å². The van der Waals surface area contributed by atoms with Crippen LogP contribution in [-0.2, 0) is 9.59 Å². The summed E-state index contributed by atoms with van der Waals surface area (Å²) in [6, 6.07) is 9.31. The van der Waals surface area contributed by atoms with Crippen LogP contribution in [0, 0.1) is 0 Å². The number of carbonyl (C=O) groups excluding carboxylic acids is 2. The normalized spacial score (nSPS) is 16.7. The Labute approximate surface area is 119 Å². The number of hydrogen-bond donors (Lipinski definition) is 1. The second kappa shape index (κ2) is 5.90. The van der Waals surface area contributed by atoms with Crippen LogP contribution in [0.25, 0.3) is 0 Å². The van der Waals surface area contributed by atoms with Crippen LogP contribution in [0.4, 0.5) is 0 Å². The van der Waals surface area contributed by atoms with Crippen molar-refractivity contribution in [1.29, 1.82) is 0 Å². The smallest absolute Gasteiger partial charge is 0.250 e. The maximum atomic E-state index is 12.5. The maximum absolute atomic E-state index is 12.5. The van der Waals surface area contributed by atoms with E-state index in [4.69, 9.17) is 5.73 Å². The van der Waals surface area contributed by atoms with E-state index >= 15 is 0 Å². The number of carbonyl (C=O) groups is 2. The van der Waals surface area contributed by atoms with Gasteiger partial charge in [-0.1, -0.05) is 37.3 Å². The molecule has 0 aromatic heterocycles. The maximum Gasteiger partial charge on any atom is 0.250 e. The lowest BCUT2D eigenvalue weighted by molar-refractivity contribution is -0.129. The van der Waals surface area contributed by atoms with Crippen molar-refractivity contribution in [2.45, 2.75) is 32.7 Å². The van der Waals surface area contributed by atoms with E-state index in [2.05, 4.69) is 0 Å². The van der Waals surface area contributed by atoms with E-state index in [1.807, 2.05) is 44.2 Å². The summed E-state index contributed by atoms with van der Waals surface area (Å²) in [6.07, 6.45) is 0.874. The molecule has 1 aromatic carbocycles. The quantitative estimate of drug-likeness (QED) is 0.892. The van der Waals surface area contributed by atoms with Gasteiger partial charge in [0.05, 0.1) is 12.5 Å². The second-order valence-corrected chi connectivity index (χ2v) is 5.14. The number of nitrogens with zero attached hydrogens (tertiary/aromatic N) is 1. The monoisotopic (exact) mass is 272 g/mol. The van der Waals surface area contributed by atoms with Crippen molar-refractivity contribution in [3.05, 3.63) is 47.0 Å². The Morgan fingerprint density at radius 3 is 2.50 bits per heavy atom. The molecule has 2 N–H and O–H groups in total. The lowest BCUT2D eigenvalue weighted by Crippen LogP contribution is -2.34. The van der Waals surface area contributed by atoms with Crippen molar-refractivity contribution in [1.82, 2.24) is 4.90 Å². The van der Waals surface area contributed by atoms with Gasteiger partial charge in [0.1, 0.15) is 0 Å². The van der Waals surface area contributed by atoms with Gasteiger partial charge >= 0.3 is 0 Å². The van der Waals surface area contributed by atoms with Crippen molar-refractivity contribution < 1.29 is 9.59 Å². The first-order valence-corrected chi connectivity index (χ1v) is 6.87. The summed E-state index contributed by atoms with van der Waals surface area (Å²) in [5, 5.41) is 0. The van der Waals surface area contributed by atoms with E-state index in [1.54, 1.807) is 4.90 Å². The zero-order chi connectivity index (χ0) is 14.7. The Morgan fingerprint density at radius 1 is 1.35 bits per heavy atom. The molecule has 2 rings (SSSR count). The molecule has 0 saturated heterocycles. The number of hydrogen-bond acceptors (Lipinski definition) is 2. The molecule has 1 aromatic rings. The van der Waals surface area contributed by atoms with Crippen LogP contribution >= 0.6 is 0 Å². The van der Waals surface area contributed by atoms with E-state index in [9.17, 15) is 9.59 Å². The Kier molecular flexibility index (Phi) is 4.23. The van der Waals surface area contributed by atoms with Gasteiger partial charge in [-0.25, -0.2) is 0 Å². The van der Waals surface area contributed by atoms with Gasteiger partial charge in [0.2, 0.25) is 5.91 Å². The highest BCUT2D eigenvalue weighted by Crippen LogP contribution is 2.32. The molecule has 0 fully saturated rings. The summed E-state index contributed by atoms with van der Waals surface area (Å²) < 4.78 is 0. The van der Waals surface area contributed by atoms with Crippen molar-refractivity contribution in [2.24, 2.45) is 5.73 Å². The average Bonchev–Trinajstić information content (AvgIpc) is 2.71. The highest BCUT2D eigenvalue weighted by molar-refractivity contribution is 5.97. The molecule has 2 amide bonds. The minimum Gasteiger partial charge on any atom is -0.370 e. The van der Waals surface area contributed by atoms with Crippen molar-refractivity contribution >= 4 is 11.8 Å². The Hall–Kier alpha value is -2.10. The number of nitrogens with two attached hydrogens (primary N) is 1. The van der Waals surface area contributed by atoms with Crippen LogP contribution in [0.2, 0.25) is 0 Å². The molecule has 106 valence electrons. The van der Waals surface area contributed by atoms with E-state index in [0.717, 1.165) is 23.1 Å². The molecule has 0 bridgehead atoms. The summed E-state index contributed by atoms with van der Waals surface area (Å²) in [5.41, 5.74) is 8.25. The molecule has 1 heterocycles. The standard InChI is InChI=1S/C16H20N2O2/c1-3-13-11(2)10-18(16(13)20)14(9-15(17)19)12-7-5-4-6-8-12/h4-8,14H,3,9-10H2,1-2H3,(H2,17,19). The van der Waals surface area contributed by atoms with E-state index in [1.165, 1.54) is 0 Å². The van der Waals surface area contributed by atoms with Crippen LogP contribution < -0.4 is 5.73 Å². The molecule has 1 aliphatic heterocycles. The molecule has 1 atom stereocenters. The Balaban J connectivity index is 2.31. The number of primary amides is 1. The largest absolute Gasteiger partial charge is 0.370 e. The summed E-state index contributed by atoms with van der Waals surface area (Å²) >= 11 is 0. The Bertz CT molecular complexity index is 549. The number of amides is 2. The molecular weight excluding hydrogens is 252 g/mol. The fourth-order valence-electron chi connectivity index (χ4n) is 2.76. The summed E-state index contributed by atoms with van der Waals surface area (Å²) in [5.74, 6) is -0.366. The zero-order valence-electron chi connectivity index (χ0n) is 11.9. The van der Waals surface area contributed by atoms with E-state index in [-0.39, 0.29) is 18.4 Å². The van der Waals surface area contributed by atoms with Crippen molar-refractivity contribution in [3.8, 4) is 0 Å². The molecular formula is C16H20N2O2. The molecule has 0 radical (unpaired) electrons. The first-order valence-electron chi connectivity index (χ1n) is 6.87. The topological polar surface area (TPSA) is 63.4 Å². The lowest BCUT2D eigenvalue weighted by Gasteiger charge is -2.28.